The fourth-order valence-electron chi connectivity index (χ4n) is 2.98. The monoisotopic (exact) mass is 196 g/mol. The van der Waals surface area contributed by atoms with Crippen LogP contribution in [-0.2, 0) is 0 Å². The van der Waals surface area contributed by atoms with Gasteiger partial charge in [0.25, 0.3) is 0 Å². The van der Waals surface area contributed by atoms with Crippen molar-refractivity contribution in [1.29, 1.82) is 0 Å². The van der Waals surface area contributed by atoms with Crippen molar-refractivity contribution < 1.29 is 0 Å². The Kier molecular flexibility index (Phi) is 3.82. The summed E-state index contributed by atoms with van der Waals surface area (Å²) in [6.45, 7) is 6.12. The van der Waals surface area contributed by atoms with Gasteiger partial charge in [-0.3, -0.25) is 4.90 Å². The Labute approximate surface area is 88.1 Å². The summed E-state index contributed by atoms with van der Waals surface area (Å²) in [6, 6.07) is 1.68. The average Bonchev–Trinajstić information content (AvgIpc) is 2.26. The molecule has 0 unspecified atom stereocenters. The highest BCUT2D eigenvalue weighted by Crippen LogP contribution is 2.25. The van der Waals surface area contributed by atoms with Gasteiger partial charge in [0.2, 0.25) is 0 Å². The van der Waals surface area contributed by atoms with Gasteiger partial charge in [0, 0.05) is 25.2 Å². The van der Waals surface area contributed by atoms with Gasteiger partial charge >= 0.3 is 0 Å². The number of nitrogens with zero attached hydrogens (tertiary/aromatic N) is 1. The van der Waals surface area contributed by atoms with Crippen LogP contribution in [0.15, 0.2) is 0 Å². The second-order valence-corrected chi connectivity index (χ2v) is 4.80. The summed E-state index contributed by atoms with van der Waals surface area (Å²) < 4.78 is 0. The molecule has 2 fully saturated rings. The minimum atomic E-state index is 0.814. The van der Waals surface area contributed by atoms with Crippen molar-refractivity contribution in [3.05, 3.63) is 0 Å². The molecule has 1 N–H and O–H groups in total. The maximum Gasteiger partial charge on any atom is 0.0249 e. The van der Waals surface area contributed by atoms with Crippen molar-refractivity contribution in [3.63, 3.8) is 0 Å². The van der Waals surface area contributed by atoms with Gasteiger partial charge in [-0.25, -0.2) is 0 Å². The van der Waals surface area contributed by atoms with Crippen LogP contribution in [0, 0.1) is 0 Å². The Balaban J connectivity index is 1.88. The molecule has 2 heteroatoms. The van der Waals surface area contributed by atoms with Gasteiger partial charge in [-0.2, -0.15) is 0 Å². The number of piperazine rings is 1. The van der Waals surface area contributed by atoms with Crippen molar-refractivity contribution in [2.75, 3.05) is 19.6 Å². The van der Waals surface area contributed by atoms with Crippen LogP contribution < -0.4 is 5.32 Å². The molecule has 82 valence electrons. The minimum absolute atomic E-state index is 0.814. The molecule has 1 aliphatic carbocycles. The van der Waals surface area contributed by atoms with Crippen molar-refractivity contribution in [2.45, 2.75) is 57.5 Å². The van der Waals surface area contributed by atoms with Crippen LogP contribution in [0.1, 0.15) is 45.4 Å². The molecule has 2 rings (SSSR count). The molecule has 1 aliphatic heterocycles. The third-order valence-electron chi connectivity index (χ3n) is 3.80. The summed E-state index contributed by atoms with van der Waals surface area (Å²) in [5.74, 6) is 0. The van der Waals surface area contributed by atoms with E-state index in [0.29, 0.717) is 0 Å². The molecule has 2 atom stereocenters. The SMILES string of the molecule is CCCCN1CCN[C@H]2CCCC[C@H]21. The first-order valence-electron chi connectivity index (χ1n) is 6.39. The molecule has 2 aliphatic rings. The fraction of sp³-hybridized carbons (Fsp3) is 1.00. The fourth-order valence-corrected chi connectivity index (χ4v) is 2.98. The van der Waals surface area contributed by atoms with E-state index in [-0.39, 0.29) is 0 Å². The number of unbranched alkanes of at least 4 members (excludes halogenated alkanes) is 1. The molecule has 2 nitrogen and oxygen atoms in total. The summed E-state index contributed by atoms with van der Waals surface area (Å²) in [6.07, 6.45) is 8.44. The number of nitrogens with one attached hydrogen (secondary N) is 1. The molecule has 0 spiro atoms. The number of fused-ring (bicyclic) bond motifs is 1. The number of hydrogen-bond donors (Lipinski definition) is 1. The van der Waals surface area contributed by atoms with Gasteiger partial charge < -0.3 is 5.32 Å². The van der Waals surface area contributed by atoms with Gasteiger partial charge in [-0.05, 0) is 25.8 Å². The molecule has 0 radical (unpaired) electrons. The predicted octanol–water partition coefficient (Wildman–Crippen LogP) is 2.00. The van der Waals surface area contributed by atoms with Crippen molar-refractivity contribution in [3.8, 4) is 0 Å². The summed E-state index contributed by atoms with van der Waals surface area (Å²) in [7, 11) is 0. The zero-order valence-electron chi connectivity index (χ0n) is 9.47. The molecule has 14 heavy (non-hydrogen) atoms. The molecule has 0 aromatic carbocycles. The van der Waals surface area contributed by atoms with Crippen LogP contribution in [0.2, 0.25) is 0 Å². The van der Waals surface area contributed by atoms with Gasteiger partial charge in [-0.1, -0.05) is 26.2 Å². The maximum absolute atomic E-state index is 3.69. The van der Waals surface area contributed by atoms with Crippen molar-refractivity contribution >= 4 is 0 Å². The Bertz CT molecular complexity index is 168. The smallest absolute Gasteiger partial charge is 0.0249 e. The van der Waals surface area contributed by atoms with E-state index in [1.165, 1.54) is 58.2 Å². The van der Waals surface area contributed by atoms with Crippen LogP contribution in [0.25, 0.3) is 0 Å². The zero-order valence-corrected chi connectivity index (χ0v) is 9.47. The van der Waals surface area contributed by atoms with E-state index < -0.39 is 0 Å². The molecule has 0 bridgehead atoms. The molecule has 0 aromatic heterocycles. The summed E-state index contributed by atoms with van der Waals surface area (Å²) in [5, 5.41) is 3.69. The number of hydrogen-bond acceptors (Lipinski definition) is 2. The van der Waals surface area contributed by atoms with Crippen LogP contribution in [0.4, 0.5) is 0 Å². The van der Waals surface area contributed by atoms with Crippen LogP contribution in [-0.4, -0.2) is 36.6 Å². The van der Waals surface area contributed by atoms with Crippen LogP contribution in [0.5, 0.6) is 0 Å². The predicted molar refractivity (Wildman–Crippen MR) is 60.5 cm³/mol. The molecule has 1 saturated heterocycles. The lowest BCUT2D eigenvalue weighted by Crippen LogP contribution is -2.59. The van der Waals surface area contributed by atoms with Crippen molar-refractivity contribution in [2.24, 2.45) is 0 Å². The molecule has 1 heterocycles. The summed E-state index contributed by atoms with van der Waals surface area (Å²) in [4.78, 5) is 2.74. The van der Waals surface area contributed by atoms with Gasteiger partial charge in [0.1, 0.15) is 0 Å². The normalized spacial score (nSPS) is 34.1. The highest BCUT2D eigenvalue weighted by atomic mass is 15.2. The Morgan fingerprint density at radius 2 is 2.14 bits per heavy atom. The second-order valence-electron chi connectivity index (χ2n) is 4.80. The molecule has 0 aromatic rings. The topological polar surface area (TPSA) is 15.3 Å². The second kappa shape index (κ2) is 5.13. The lowest BCUT2D eigenvalue weighted by atomic mass is 9.87. The van der Waals surface area contributed by atoms with E-state index in [0.717, 1.165) is 12.1 Å². The van der Waals surface area contributed by atoms with E-state index >= 15 is 0 Å². The minimum Gasteiger partial charge on any atom is -0.311 e. The first-order chi connectivity index (χ1) is 6.92. The first-order valence-corrected chi connectivity index (χ1v) is 6.39. The van der Waals surface area contributed by atoms with Crippen molar-refractivity contribution in [1.82, 2.24) is 10.2 Å². The Morgan fingerprint density at radius 1 is 1.29 bits per heavy atom. The maximum atomic E-state index is 3.69. The van der Waals surface area contributed by atoms with E-state index in [2.05, 4.69) is 17.1 Å². The highest BCUT2D eigenvalue weighted by molar-refractivity contribution is 4.91. The van der Waals surface area contributed by atoms with Gasteiger partial charge in [-0.15, -0.1) is 0 Å². The van der Waals surface area contributed by atoms with E-state index in [1.807, 2.05) is 0 Å². The Morgan fingerprint density at radius 3 is 3.00 bits per heavy atom. The van der Waals surface area contributed by atoms with E-state index in [9.17, 15) is 0 Å². The van der Waals surface area contributed by atoms with Gasteiger partial charge in [0.15, 0.2) is 0 Å². The third kappa shape index (κ3) is 2.29. The average molecular weight is 196 g/mol. The lowest BCUT2D eigenvalue weighted by Gasteiger charge is -2.44. The lowest BCUT2D eigenvalue weighted by molar-refractivity contribution is 0.0869. The Hall–Kier alpha value is -0.0800. The first kappa shape index (κ1) is 10.4. The number of rotatable bonds is 3. The molecular weight excluding hydrogens is 172 g/mol. The zero-order chi connectivity index (χ0) is 9.80. The van der Waals surface area contributed by atoms with Crippen LogP contribution in [0.3, 0.4) is 0 Å². The van der Waals surface area contributed by atoms with E-state index in [4.69, 9.17) is 0 Å². The van der Waals surface area contributed by atoms with E-state index in [1.54, 1.807) is 0 Å². The van der Waals surface area contributed by atoms with Gasteiger partial charge in [0.05, 0.1) is 0 Å². The third-order valence-corrected chi connectivity index (χ3v) is 3.80. The summed E-state index contributed by atoms with van der Waals surface area (Å²) >= 11 is 0. The molecule has 0 amide bonds. The van der Waals surface area contributed by atoms with Crippen LogP contribution >= 0.6 is 0 Å². The summed E-state index contributed by atoms with van der Waals surface area (Å²) in [5.41, 5.74) is 0. The molecular formula is C12H24N2. The largest absolute Gasteiger partial charge is 0.311 e. The molecule has 1 saturated carbocycles. The quantitative estimate of drug-likeness (QED) is 0.743. The highest BCUT2D eigenvalue weighted by Gasteiger charge is 2.32. The standard InChI is InChI=1S/C12H24N2/c1-2-3-9-14-10-8-13-11-6-4-5-7-12(11)14/h11-13H,2-10H2,1H3/t11-,12+/m0/s1.